The maximum Gasteiger partial charge on any atom is 0.250 e. The van der Waals surface area contributed by atoms with Gasteiger partial charge in [0.2, 0.25) is 0 Å². The summed E-state index contributed by atoms with van der Waals surface area (Å²) in [5.74, 6) is -0.825. The largest absolute Gasteiger partial charge is 0.378 e. The summed E-state index contributed by atoms with van der Waals surface area (Å²) in [5.41, 5.74) is 5.90. The minimum atomic E-state index is -1.39. The third-order valence-corrected chi connectivity index (χ3v) is 2.48. The van der Waals surface area contributed by atoms with Crippen molar-refractivity contribution in [3.8, 4) is 0 Å². The smallest absolute Gasteiger partial charge is 0.250 e. The highest BCUT2D eigenvalue weighted by atomic mass is 35.5. The Balaban J connectivity index is 2.72. The summed E-state index contributed by atoms with van der Waals surface area (Å²) in [7, 11) is 0. The number of hydrogen-bond acceptors (Lipinski definition) is 3. The van der Waals surface area contributed by atoms with E-state index < -0.39 is 12.0 Å². The number of fused-ring (bicyclic) bond motifs is 1. The Kier molecular flexibility index (Phi) is 2.77. The lowest BCUT2D eigenvalue weighted by Gasteiger charge is -2.10. The molecule has 0 aliphatic heterocycles. The molecule has 1 aromatic carbocycles. The molecule has 16 heavy (non-hydrogen) atoms. The van der Waals surface area contributed by atoms with Gasteiger partial charge in [-0.3, -0.25) is 9.78 Å². The van der Waals surface area contributed by atoms with Crippen molar-refractivity contribution < 1.29 is 9.90 Å². The van der Waals surface area contributed by atoms with Crippen molar-refractivity contribution in [2.45, 2.75) is 6.10 Å². The number of amides is 1. The number of hydrogen-bond donors (Lipinski definition) is 2. The quantitative estimate of drug-likeness (QED) is 0.828. The molecule has 1 heterocycles. The van der Waals surface area contributed by atoms with Gasteiger partial charge in [0.1, 0.15) is 0 Å². The fourth-order valence-electron chi connectivity index (χ4n) is 1.54. The van der Waals surface area contributed by atoms with Crippen LogP contribution in [0.3, 0.4) is 0 Å². The fraction of sp³-hybridized carbons (Fsp3) is 0.0909. The fourth-order valence-corrected chi connectivity index (χ4v) is 1.78. The van der Waals surface area contributed by atoms with Crippen LogP contribution in [0.4, 0.5) is 0 Å². The minimum Gasteiger partial charge on any atom is -0.378 e. The number of aromatic nitrogens is 1. The Morgan fingerprint density at radius 1 is 1.50 bits per heavy atom. The van der Waals surface area contributed by atoms with Crippen LogP contribution in [0.2, 0.25) is 5.02 Å². The number of halogens is 1. The third kappa shape index (κ3) is 1.85. The Morgan fingerprint density at radius 2 is 2.25 bits per heavy atom. The number of carbonyl (C=O) groups is 1. The summed E-state index contributed by atoms with van der Waals surface area (Å²) in [6, 6.07) is 6.75. The van der Waals surface area contributed by atoms with Crippen LogP contribution in [0.5, 0.6) is 0 Å². The van der Waals surface area contributed by atoms with Crippen LogP contribution >= 0.6 is 11.6 Å². The zero-order chi connectivity index (χ0) is 11.7. The van der Waals surface area contributed by atoms with Gasteiger partial charge in [-0.1, -0.05) is 17.7 Å². The lowest BCUT2D eigenvalue weighted by atomic mass is 10.0. The van der Waals surface area contributed by atoms with Gasteiger partial charge in [-0.2, -0.15) is 0 Å². The summed E-state index contributed by atoms with van der Waals surface area (Å²) in [6.07, 6.45) is 0.184. The highest BCUT2D eigenvalue weighted by Crippen LogP contribution is 2.26. The molecule has 5 heteroatoms. The first kappa shape index (κ1) is 10.9. The van der Waals surface area contributed by atoms with Crippen molar-refractivity contribution in [2.24, 2.45) is 5.73 Å². The highest BCUT2D eigenvalue weighted by Gasteiger charge is 2.18. The van der Waals surface area contributed by atoms with E-state index in [0.717, 1.165) is 5.39 Å². The van der Waals surface area contributed by atoms with Crippen molar-refractivity contribution in [1.29, 1.82) is 0 Å². The van der Waals surface area contributed by atoms with Crippen molar-refractivity contribution >= 4 is 28.4 Å². The van der Waals surface area contributed by atoms with E-state index in [9.17, 15) is 9.90 Å². The topological polar surface area (TPSA) is 76.2 Å². The molecule has 0 radical (unpaired) electrons. The van der Waals surface area contributed by atoms with Crippen LogP contribution in [0, 0.1) is 0 Å². The van der Waals surface area contributed by atoms with Crippen molar-refractivity contribution in [1.82, 2.24) is 4.98 Å². The van der Waals surface area contributed by atoms with Gasteiger partial charge in [-0.25, -0.2) is 0 Å². The second-order valence-corrected chi connectivity index (χ2v) is 3.81. The van der Waals surface area contributed by atoms with E-state index in [2.05, 4.69) is 4.98 Å². The Hall–Kier alpha value is -1.65. The number of nitrogens with zero attached hydrogens (tertiary/aromatic N) is 1. The number of nitrogens with two attached hydrogens (primary N) is 1. The van der Waals surface area contributed by atoms with Crippen molar-refractivity contribution in [3.05, 3.63) is 41.0 Å². The molecule has 1 amide bonds. The molecule has 4 nitrogen and oxygen atoms in total. The van der Waals surface area contributed by atoms with Crippen LogP contribution in [-0.4, -0.2) is 16.0 Å². The highest BCUT2D eigenvalue weighted by molar-refractivity contribution is 6.31. The summed E-state index contributed by atoms with van der Waals surface area (Å²) in [4.78, 5) is 15.1. The van der Waals surface area contributed by atoms with Gasteiger partial charge >= 0.3 is 0 Å². The predicted molar refractivity (Wildman–Crippen MR) is 60.9 cm³/mol. The molecular weight excluding hydrogens is 228 g/mol. The number of rotatable bonds is 2. The summed E-state index contributed by atoms with van der Waals surface area (Å²) in [5, 5.41) is 10.8. The first-order valence-corrected chi connectivity index (χ1v) is 4.99. The lowest BCUT2D eigenvalue weighted by Crippen LogP contribution is -2.21. The van der Waals surface area contributed by atoms with E-state index >= 15 is 0 Å². The second kappa shape index (κ2) is 4.08. The zero-order valence-corrected chi connectivity index (χ0v) is 8.98. The Labute approximate surface area is 96.7 Å². The summed E-state index contributed by atoms with van der Waals surface area (Å²) >= 11 is 5.88. The van der Waals surface area contributed by atoms with Gasteiger partial charge in [0, 0.05) is 22.2 Å². The molecule has 82 valence electrons. The second-order valence-electron chi connectivity index (χ2n) is 3.38. The minimum absolute atomic E-state index is 0.329. The Bertz CT molecular complexity index is 557. The maximum atomic E-state index is 11.0. The monoisotopic (exact) mass is 236 g/mol. The van der Waals surface area contributed by atoms with Crippen molar-refractivity contribution in [2.75, 3.05) is 0 Å². The van der Waals surface area contributed by atoms with E-state index in [1.165, 1.54) is 6.07 Å². The normalized spacial score (nSPS) is 12.6. The van der Waals surface area contributed by atoms with Crippen LogP contribution in [-0.2, 0) is 4.79 Å². The third-order valence-electron chi connectivity index (χ3n) is 2.26. The number of benzene rings is 1. The van der Waals surface area contributed by atoms with Gasteiger partial charge in [0.25, 0.3) is 5.91 Å². The molecule has 0 aliphatic rings. The molecule has 0 spiro atoms. The van der Waals surface area contributed by atoms with E-state index in [4.69, 9.17) is 17.3 Å². The summed E-state index contributed by atoms with van der Waals surface area (Å²) < 4.78 is 0. The average Bonchev–Trinajstić information content (AvgIpc) is 2.26. The van der Waals surface area contributed by atoms with E-state index in [1.54, 1.807) is 24.4 Å². The molecule has 0 fully saturated rings. The SMILES string of the molecule is NC(=O)C(O)c1cc(Cl)cc2cccnc12. The van der Waals surface area contributed by atoms with E-state index in [0.29, 0.717) is 16.1 Å². The standard InChI is InChI=1S/C11H9ClN2O2/c12-7-4-6-2-1-3-14-9(6)8(5-7)10(15)11(13)16/h1-5,10,15H,(H2,13,16). The average molecular weight is 237 g/mol. The molecule has 0 saturated carbocycles. The van der Waals surface area contributed by atoms with E-state index in [-0.39, 0.29) is 0 Å². The molecule has 3 N–H and O–H groups in total. The molecule has 2 aromatic rings. The predicted octanol–water partition coefficient (Wildman–Crippen LogP) is 1.41. The van der Waals surface area contributed by atoms with Gasteiger partial charge in [0.15, 0.2) is 6.10 Å². The molecule has 1 aromatic heterocycles. The van der Waals surface area contributed by atoms with E-state index in [1.807, 2.05) is 0 Å². The lowest BCUT2D eigenvalue weighted by molar-refractivity contribution is -0.126. The summed E-state index contributed by atoms with van der Waals surface area (Å²) in [6.45, 7) is 0. The van der Waals surface area contributed by atoms with Gasteiger partial charge in [-0.15, -0.1) is 0 Å². The molecule has 0 bridgehead atoms. The zero-order valence-electron chi connectivity index (χ0n) is 8.22. The number of primary amides is 1. The van der Waals surface area contributed by atoms with Gasteiger partial charge in [-0.05, 0) is 18.2 Å². The van der Waals surface area contributed by atoms with Gasteiger partial charge in [0.05, 0.1) is 5.52 Å². The molecule has 0 saturated heterocycles. The van der Waals surface area contributed by atoms with Crippen LogP contribution in [0.15, 0.2) is 30.5 Å². The Morgan fingerprint density at radius 3 is 2.94 bits per heavy atom. The molecule has 1 unspecified atom stereocenters. The van der Waals surface area contributed by atoms with Crippen molar-refractivity contribution in [3.63, 3.8) is 0 Å². The molecule has 2 rings (SSSR count). The number of aliphatic hydroxyl groups excluding tert-OH is 1. The van der Waals surface area contributed by atoms with Crippen LogP contribution in [0.1, 0.15) is 11.7 Å². The van der Waals surface area contributed by atoms with Crippen LogP contribution in [0.25, 0.3) is 10.9 Å². The molecule has 1 atom stereocenters. The molecule has 0 aliphatic carbocycles. The maximum absolute atomic E-state index is 11.0. The number of carbonyl (C=O) groups excluding carboxylic acids is 1. The van der Waals surface area contributed by atoms with Gasteiger partial charge < -0.3 is 10.8 Å². The first-order valence-electron chi connectivity index (χ1n) is 4.61. The molecular formula is C11H9ClN2O2. The number of pyridine rings is 1. The first-order chi connectivity index (χ1) is 7.59. The number of aliphatic hydroxyl groups is 1. The van der Waals surface area contributed by atoms with Crippen LogP contribution < -0.4 is 5.73 Å².